The third-order valence-electron chi connectivity index (χ3n) is 8.66. The van der Waals surface area contributed by atoms with E-state index in [2.05, 4.69) is 15.6 Å². The highest BCUT2D eigenvalue weighted by Crippen LogP contribution is 2.42. The van der Waals surface area contributed by atoms with Gasteiger partial charge in [0.15, 0.2) is 0 Å². The zero-order valence-corrected chi connectivity index (χ0v) is 26.8. The van der Waals surface area contributed by atoms with Crippen LogP contribution in [-0.2, 0) is 11.2 Å². The van der Waals surface area contributed by atoms with Crippen molar-refractivity contribution in [2.75, 3.05) is 35.3 Å². The molecule has 49 heavy (non-hydrogen) atoms. The van der Waals surface area contributed by atoms with E-state index in [0.717, 1.165) is 47.6 Å². The van der Waals surface area contributed by atoms with Gasteiger partial charge in [-0.05, 0) is 97.6 Å². The molecule has 0 saturated carbocycles. The van der Waals surface area contributed by atoms with Crippen molar-refractivity contribution in [1.82, 2.24) is 4.98 Å². The first-order valence-electron chi connectivity index (χ1n) is 15.7. The highest BCUT2D eigenvalue weighted by atomic mass is 32.1. The van der Waals surface area contributed by atoms with Crippen molar-refractivity contribution in [2.45, 2.75) is 25.2 Å². The number of pyridine rings is 1. The summed E-state index contributed by atoms with van der Waals surface area (Å²) in [6.07, 6.45) is 3.60. The molecule has 2 aliphatic rings. The van der Waals surface area contributed by atoms with E-state index in [-0.39, 0.29) is 29.2 Å². The van der Waals surface area contributed by atoms with Crippen molar-refractivity contribution in [3.8, 4) is 10.4 Å². The summed E-state index contributed by atoms with van der Waals surface area (Å²) in [6, 6.07) is 19.0. The number of carbonyl (C=O) groups excluding carboxylic acids is 3. The van der Waals surface area contributed by atoms with Gasteiger partial charge in [0.05, 0.1) is 21.8 Å². The fraction of sp³-hybridized carbons (Fsp3) is 0.189. The number of anilines is 3. The molecule has 12 heteroatoms. The molecule has 8 nitrogen and oxygen atoms in total. The number of ether oxygens (including phenoxy) is 1. The summed E-state index contributed by atoms with van der Waals surface area (Å²) in [5.41, 5.74) is 3.12. The molecule has 4 heterocycles. The molecule has 2 aromatic heterocycles. The Bertz CT molecular complexity index is 2060. The first-order chi connectivity index (χ1) is 23.8. The molecule has 0 unspecified atom stereocenters. The van der Waals surface area contributed by atoms with Gasteiger partial charge in [0.1, 0.15) is 23.1 Å². The molecule has 1 saturated heterocycles. The van der Waals surface area contributed by atoms with Crippen LogP contribution in [0.5, 0.6) is 0 Å². The number of carbonyl (C=O) groups is 3. The van der Waals surface area contributed by atoms with Gasteiger partial charge in [-0.25, -0.2) is 13.2 Å². The highest BCUT2D eigenvalue weighted by molar-refractivity contribution is 7.17. The number of fused-ring (bicyclic) bond motifs is 3. The number of para-hydroxylation sites is 1. The van der Waals surface area contributed by atoms with Crippen molar-refractivity contribution in [3.05, 3.63) is 130 Å². The van der Waals surface area contributed by atoms with Crippen molar-refractivity contribution >= 4 is 46.1 Å². The smallest absolute Gasteiger partial charge is 0.265 e. The van der Waals surface area contributed by atoms with Crippen LogP contribution in [0.1, 0.15) is 60.4 Å². The quantitative estimate of drug-likeness (QED) is 0.190. The predicted molar refractivity (Wildman–Crippen MR) is 181 cm³/mol. The number of thiophene rings is 1. The standard InChI is InChI=1S/C37H29F3N4O4S/c38-24-8-11-26-30(20-24)44(16-12-23-19-31(49-34(23)26)36(46)43-33-28(39)4-1-5-29(33)40)37(47)22-6-9-25(10-7-22)42-35(45)27-3-2-15-41-32(27)21-13-17-48-18-14-21/h1-11,15,19-21H,12-14,16-18H2,(H,42,45)(H,43,46). The van der Waals surface area contributed by atoms with Crippen LogP contribution in [0.25, 0.3) is 10.4 Å². The van der Waals surface area contributed by atoms with Gasteiger partial charge in [0.25, 0.3) is 17.7 Å². The number of benzene rings is 3. The second-order valence-electron chi connectivity index (χ2n) is 11.7. The molecule has 1 fully saturated rings. The monoisotopic (exact) mass is 682 g/mol. The average molecular weight is 683 g/mol. The maximum absolute atomic E-state index is 14.6. The Labute approximate surface area is 283 Å². The van der Waals surface area contributed by atoms with Gasteiger partial charge in [-0.3, -0.25) is 19.4 Å². The van der Waals surface area contributed by atoms with Crippen molar-refractivity contribution in [3.63, 3.8) is 0 Å². The highest BCUT2D eigenvalue weighted by Gasteiger charge is 2.29. The lowest BCUT2D eigenvalue weighted by Crippen LogP contribution is -2.32. The number of nitrogens with zero attached hydrogens (tertiary/aromatic N) is 2. The topological polar surface area (TPSA) is 101 Å². The van der Waals surface area contributed by atoms with Gasteiger partial charge < -0.3 is 20.3 Å². The molecule has 0 aliphatic carbocycles. The van der Waals surface area contributed by atoms with E-state index in [0.29, 0.717) is 52.6 Å². The SMILES string of the molecule is O=C(Nc1c(F)cccc1F)c1cc2c(s1)-c1ccc(F)cc1N(C(=O)c1ccc(NC(=O)c3cccnc3C3CCOCC3)cc1)CC2. The van der Waals surface area contributed by atoms with Gasteiger partial charge >= 0.3 is 0 Å². The van der Waals surface area contributed by atoms with Crippen molar-refractivity contribution < 1.29 is 32.3 Å². The Balaban J connectivity index is 1.10. The van der Waals surface area contributed by atoms with Crippen LogP contribution >= 0.6 is 11.3 Å². The fourth-order valence-corrected chi connectivity index (χ4v) is 7.33. The lowest BCUT2D eigenvalue weighted by Gasteiger charge is -2.23. The van der Waals surface area contributed by atoms with E-state index in [1.807, 2.05) is 0 Å². The normalized spacial score (nSPS) is 14.4. The molecule has 0 atom stereocenters. The van der Waals surface area contributed by atoms with Crippen molar-refractivity contribution in [1.29, 1.82) is 0 Å². The summed E-state index contributed by atoms with van der Waals surface area (Å²) in [7, 11) is 0. The first-order valence-corrected chi connectivity index (χ1v) is 16.5. The second-order valence-corrected chi connectivity index (χ2v) is 12.8. The molecule has 0 bridgehead atoms. The number of rotatable bonds is 6. The minimum atomic E-state index is -0.898. The molecule has 3 amide bonds. The maximum atomic E-state index is 14.6. The van der Waals surface area contributed by atoms with Crippen LogP contribution in [-0.4, -0.2) is 42.5 Å². The lowest BCUT2D eigenvalue weighted by atomic mass is 9.92. The van der Waals surface area contributed by atoms with Crippen LogP contribution in [0.3, 0.4) is 0 Å². The average Bonchev–Trinajstić information content (AvgIpc) is 3.48. The van der Waals surface area contributed by atoms with Gasteiger partial charge in [-0.1, -0.05) is 6.07 Å². The van der Waals surface area contributed by atoms with Gasteiger partial charge in [-0.2, -0.15) is 0 Å². The number of hydrogen-bond acceptors (Lipinski definition) is 6. The Morgan fingerprint density at radius 2 is 1.61 bits per heavy atom. The molecule has 2 N–H and O–H groups in total. The van der Waals surface area contributed by atoms with E-state index >= 15 is 0 Å². The Kier molecular flexibility index (Phi) is 8.98. The van der Waals surface area contributed by atoms with Crippen LogP contribution in [0.15, 0.2) is 85.1 Å². The summed E-state index contributed by atoms with van der Waals surface area (Å²) in [5, 5.41) is 5.21. The fourth-order valence-electron chi connectivity index (χ4n) is 6.19. The molecule has 7 rings (SSSR count). The minimum Gasteiger partial charge on any atom is -0.381 e. The number of halogens is 3. The summed E-state index contributed by atoms with van der Waals surface area (Å²) in [4.78, 5) is 47.0. The van der Waals surface area contributed by atoms with Crippen LogP contribution < -0.4 is 15.5 Å². The third kappa shape index (κ3) is 6.57. The summed E-state index contributed by atoms with van der Waals surface area (Å²) < 4.78 is 48.5. The number of aromatic nitrogens is 1. The van der Waals surface area contributed by atoms with Crippen molar-refractivity contribution in [2.24, 2.45) is 0 Å². The zero-order valence-electron chi connectivity index (χ0n) is 26.0. The number of hydrogen-bond donors (Lipinski definition) is 2. The molecule has 2 aliphatic heterocycles. The summed E-state index contributed by atoms with van der Waals surface area (Å²) in [5.74, 6) is -3.57. The largest absolute Gasteiger partial charge is 0.381 e. The zero-order chi connectivity index (χ0) is 34.1. The molecular weight excluding hydrogens is 653 g/mol. The molecule has 248 valence electrons. The van der Waals surface area contributed by atoms with Crippen LogP contribution in [0, 0.1) is 17.5 Å². The Morgan fingerprint density at radius 1 is 0.857 bits per heavy atom. The molecule has 0 spiro atoms. The van der Waals surface area contributed by atoms with Crippen LogP contribution in [0.4, 0.5) is 30.2 Å². The van der Waals surface area contributed by atoms with E-state index in [1.54, 1.807) is 54.7 Å². The molecular formula is C37H29F3N4O4S. The van der Waals surface area contributed by atoms with Gasteiger partial charge in [0.2, 0.25) is 0 Å². The molecule has 3 aromatic carbocycles. The summed E-state index contributed by atoms with van der Waals surface area (Å²) in [6.45, 7) is 1.42. The lowest BCUT2D eigenvalue weighted by molar-refractivity contribution is 0.0837. The van der Waals surface area contributed by atoms with Crippen LogP contribution in [0.2, 0.25) is 0 Å². The molecule has 0 radical (unpaired) electrons. The Morgan fingerprint density at radius 3 is 2.37 bits per heavy atom. The third-order valence-corrected chi connectivity index (χ3v) is 9.87. The Hall–Kier alpha value is -5.33. The molecule has 5 aromatic rings. The number of amides is 3. The number of nitrogens with one attached hydrogen (secondary N) is 2. The first kappa shape index (κ1) is 32.2. The van der Waals surface area contributed by atoms with E-state index < -0.39 is 29.0 Å². The van der Waals surface area contributed by atoms with Gasteiger partial charge in [-0.15, -0.1) is 11.3 Å². The predicted octanol–water partition coefficient (Wildman–Crippen LogP) is 7.83. The van der Waals surface area contributed by atoms with E-state index in [4.69, 9.17) is 4.74 Å². The van der Waals surface area contributed by atoms with Gasteiger partial charge in [0, 0.05) is 53.6 Å². The van der Waals surface area contributed by atoms with E-state index in [9.17, 15) is 27.6 Å². The summed E-state index contributed by atoms with van der Waals surface area (Å²) >= 11 is 1.09. The van der Waals surface area contributed by atoms with E-state index in [1.165, 1.54) is 23.1 Å². The minimum absolute atomic E-state index is 0.133. The second kappa shape index (κ2) is 13.7. The maximum Gasteiger partial charge on any atom is 0.265 e.